The summed E-state index contributed by atoms with van der Waals surface area (Å²) in [6, 6.07) is 29.5. The fraction of sp³-hybridized carbons (Fsp3) is 0.0968. The van der Waals surface area contributed by atoms with Gasteiger partial charge >= 0.3 is 0 Å². The Morgan fingerprint density at radius 2 is 1.59 bits per heavy atom. The highest BCUT2D eigenvalue weighted by Crippen LogP contribution is 2.27. The first-order valence-corrected chi connectivity index (χ1v) is 12.0. The normalized spacial score (nSPS) is 11.2. The molecule has 4 aromatic carbocycles. The molecule has 0 radical (unpaired) electrons. The Hall–Kier alpha value is -4.71. The number of benzene rings is 4. The van der Waals surface area contributed by atoms with Crippen molar-refractivity contribution < 1.29 is 13.9 Å². The van der Waals surface area contributed by atoms with Crippen LogP contribution < -0.4 is 10.2 Å². The van der Waals surface area contributed by atoms with Gasteiger partial charge in [0.15, 0.2) is 0 Å². The molecule has 0 bridgehead atoms. The van der Waals surface area contributed by atoms with Gasteiger partial charge < -0.3 is 9.30 Å². The van der Waals surface area contributed by atoms with Crippen LogP contribution in [0.5, 0.6) is 5.75 Å². The van der Waals surface area contributed by atoms with Crippen molar-refractivity contribution in [1.82, 2.24) is 9.99 Å². The van der Waals surface area contributed by atoms with Crippen molar-refractivity contribution in [2.45, 2.75) is 20.5 Å². The predicted molar refractivity (Wildman–Crippen MR) is 145 cm³/mol. The minimum absolute atomic E-state index is 0.276. The Balaban J connectivity index is 1.34. The number of halogens is 1. The number of nitrogens with zero attached hydrogens (tertiary/aromatic N) is 2. The summed E-state index contributed by atoms with van der Waals surface area (Å²) in [5, 5.41) is 6.20. The van der Waals surface area contributed by atoms with Gasteiger partial charge in [0.2, 0.25) is 0 Å². The van der Waals surface area contributed by atoms with Crippen molar-refractivity contribution in [3.63, 3.8) is 0 Å². The molecule has 1 aromatic heterocycles. The summed E-state index contributed by atoms with van der Waals surface area (Å²) in [6.07, 6.45) is 1.60. The standard InChI is InChI=1S/C31H26FN3O2/c1-21-7-8-22(2)35(21)27-16-11-25(12-17-27)31(36)34-33-19-29-28-6-4-3-5-24(28)13-18-30(29)37-20-23-9-14-26(32)15-10-23/h3-19H,20H2,1-2H3,(H,34,36)/b33-19-. The lowest BCUT2D eigenvalue weighted by Crippen LogP contribution is -2.17. The SMILES string of the molecule is Cc1ccc(C)n1-c1ccc(C(=O)N/N=C\c2c(OCc3ccc(F)cc3)ccc3ccccc23)cc1. The van der Waals surface area contributed by atoms with Crippen molar-refractivity contribution in [3.05, 3.63) is 131 Å². The van der Waals surface area contributed by atoms with E-state index in [4.69, 9.17) is 4.74 Å². The van der Waals surface area contributed by atoms with Gasteiger partial charge in [-0.1, -0.05) is 42.5 Å². The van der Waals surface area contributed by atoms with E-state index in [1.54, 1.807) is 30.5 Å². The molecule has 184 valence electrons. The molecule has 0 unspecified atom stereocenters. The second-order valence-electron chi connectivity index (χ2n) is 8.81. The van der Waals surface area contributed by atoms with Crippen molar-refractivity contribution in [2.24, 2.45) is 5.10 Å². The second kappa shape index (κ2) is 10.5. The van der Waals surface area contributed by atoms with Gasteiger partial charge in [-0.2, -0.15) is 5.10 Å². The fourth-order valence-electron chi connectivity index (χ4n) is 4.33. The number of ether oxygens (including phenoxy) is 1. The maximum Gasteiger partial charge on any atom is 0.271 e. The maximum atomic E-state index is 13.2. The molecule has 1 amide bonds. The molecule has 0 saturated heterocycles. The Morgan fingerprint density at radius 3 is 2.32 bits per heavy atom. The average molecular weight is 492 g/mol. The summed E-state index contributed by atoms with van der Waals surface area (Å²) in [6.45, 7) is 4.37. The van der Waals surface area contributed by atoms with Crippen molar-refractivity contribution in [1.29, 1.82) is 0 Å². The molecule has 0 fully saturated rings. The minimum Gasteiger partial charge on any atom is -0.488 e. The molecule has 0 aliphatic rings. The molecule has 0 saturated carbocycles. The van der Waals surface area contributed by atoms with E-state index in [0.717, 1.165) is 39.0 Å². The number of rotatable bonds is 7. The summed E-state index contributed by atoms with van der Waals surface area (Å²) in [5.41, 5.74) is 7.98. The lowest BCUT2D eigenvalue weighted by Gasteiger charge is -2.12. The van der Waals surface area contributed by atoms with Gasteiger partial charge in [-0.05, 0) is 84.8 Å². The number of amides is 1. The lowest BCUT2D eigenvalue weighted by atomic mass is 10.0. The molecule has 0 aliphatic heterocycles. The first kappa shape index (κ1) is 24.0. The predicted octanol–water partition coefficient (Wildman–Crippen LogP) is 6.73. The van der Waals surface area contributed by atoms with Gasteiger partial charge in [0, 0.05) is 28.2 Å². The number of aromatic nitrogens is 1. The summed E-state index contributed by atoms with van der Waals surface area (Å²) < 4.78 is 21.4. The Morgan fingerprint density at radius 1 is 0.892 bits per heavy atom. The van der Waals surface area contributed by atoms with Crippen LogP contribution in [0.2, 0.25) is 0 Å². The fourth-order valence-corrected chi connectivity index (χ4v) is 4.33. The van der Waals surface area contributed by atoms with Gasteiger partial charge in [-0.15, -0.1) is 0 Å². The molecule has 0 spiro atoms. The van der Waals surface area contributed by atoms with Crippen LogP contribution in [0.25, 0.3) is 16.5 Å². The quantitative estimate of drug-likeness (QED) is 0.203. The second-order valence-corrected chi connectivity index (χ2v) is 8.81. The van der Waals surface area contributed by atoms with Crippen LogP contribution in [0.1, 0.15) is 32.9 Å². The van der Waals surface area contributed by atoms with Crippen LogP contribution >= 0.6 is 0 Å². The first-order valence-electron chi connectivity index (χ1n) is 12.0. The zero-order valence-electron chi connectivity index (χ0n) is 20.6. The number of hydrogen-bond acceptors (Lipinski definition) is 3. The third-order valence-corrected chi connectivity index (χ3v) is 6.26. The molecule has 5 rings (SSSR count). The van der Waals surface area contributed by atoms with Crippen molar-refractivity contribution in [3.8, 4) is 11.4 Å². The number of aryl methyl sites for hydroxylation is 2. The Bertz CT molecular complexity index is 1570. The van der Waals surface area contributed by atoms with Gasteiger partial charge in [0.25, 0.3) is 5.91 Å². The average Bonchev–Trinajstić information content (AvgIpc) is 3.26. The highest BCUT2D eigenvalue weighted by Gasteiger charge is 2.10. The van der Waals surface area contributed by atoms with Crippen LogP contribution in [0.3, 0.4) is 0 Å². The van der Waals surface area contributed by atoms with E-state index < -0.39 is 0 Å². The monoisotopic (exact) mass is 491 g/mol. The number of nitrogens with one attached hydrogen (secondary N) is 1. The van der Waals surface area contributed by atoms with E-state index >= 15 is 0 Å². The van der Waals surface area contributed by atoms with Crippen LogP contribution in [-0.2, 0) is 6.61 Å². The van der Waals surface area contributed by atoms with Crippen LogP contribution in [-0.4, -0.2) is 16.7 Å². The molecule has 1 N–H and O–H groups in total. The largest absolute Gasteiger partial charge is 0.488 e. The van der Waals surface area contributed by atoms with Crippen molar-refractivity contribution >= 4 is 22.9 Å². The zero-order chi connectivity index (χ0) is 25.8. The van der Waals surface area contributed by atoms with E-state index in [1.165, 1.54) is 12.1 Å². The zero-order valence-corrected chi connectivity index (χ0v) is 20.6. The maximum absolute atomic E-state index is 13.2. The Kier molecular flexibility index (Phi) is 6.81. The number of hydrazone groups is 1. The van der Waals surface area contributed by atoms with E-state index in [0.29, 0.717) is 11.3 Å². The third kappa shape index (κ3) is 5.28. The van der Waals surface area contributed by atoms with Crippen LogP contribution in [0.4, 0.5) is 4.39 Å². The first-order chi connectivity index (χ1) is 18.0. The highest BCUT2D eigenvalue weighted by molar-refractivity contribution is 6.03. The summed E-state index contributed by atoms with van der Waals surface area (Å²) in [7, 11) is 0. The molecule has 5 aromatic rings. The van der Waals surface area contributed by atoms with Crippen LogP contribution in [0.15, 0.2) is 102 Å². The molecule has 5 nitrogen and oxygen atoms in total. The van der Waals surface area contributed by atoms with Gasteiger partial charge in [0.05, 0.1) is 6.21 Å². The smallest absolute Gasteiger partial charge is 0.271 e. The van der Waals surface area contributed by atoms with E-state index in [1.807, 2.05) is 62.4 Å². The summed E-state index contributed by atoms with van der Waals surface area (Å²) >= 11 is 0. The molecule has 6 heteroatoms. The molecule has 1 heterocycles. The molecule has 37 heavy (non-hydrogen) atoms. The summed E-state index contributed by atoms with van der Waals surface area (Å²) in [5.74, 6) is 0.0169. The Labute approximate surface area is 214 Å². The van der Waals surface area contributed by atoms with Gasteiger partial charge in [0.1, 0.15) is 18.2 Å². The molecular formula is C31H26FN3O2. The van der Waals surface area contributed by atoms with E-state index in [2.05, 4.69) is 27.2 Å². The molecule has 0 aliphatic carbocycles. The summed E-state index contributed by atoms with van der Waals surface area (Å²) in [4.78, 5) is 12.8. The minimum atomic E-state index is -0.308. The topological polar surface area (TPSA) is 55.6 Å². The number of carbonyl (C=O) groups is 1. The van der Waals surface area contributed by atoms with Gasteiger partial charge in [-0.3, -0.25) is 4.79 Å². The third-order valence-electron chi connectivity index (χ3n) is 6.26. The number of carbonyl (C=O) groups excluding carboxylic acids is 1. The molecular weight excluding hydrogens is 465 g/mol. The number of hydrogen-bond donors (Lipinski definition) is 1. The van der Waals surface area contributed by atoms with E-state index in [-0.39, 0.29) is 18.3 Å². The molecule has 0 atom stereocenters. The lowest BCUT2D eigenvalue weighted by molar-refractivity contribution is 0.0955. The van der Waals surface area contributed by atoms with Gasteiger partial charge in [-0.25, -0.2) is 9.82 Å². The van der Waals surface area contributed by atoms with Crippen molar-refractivity contribution in [2.75, 3.05) is 0 Å². The number of fused-ring (bicyclic) bond motifs is 1. The highest BCUT2D eigenvalue weighted by atomic mass is 19.1. The van der Waals surface area contributed by atoms with Crippen LogP contribution in [0, 0.1) is 19.7 Å². The van der Waals surface area contributed by atoms with E-state index in [9.17, 15) is 9.18 Å².